The molecule has 0 bridgehead atoms. The fraction of sp³-hybridized carbons (Fsp3) is 1.00. The topological polar surface area (TPSA) is 0 Å². The van der Waals surface area contributed by atoms with Gasteiger partial charge in [-0.3, -0.25) is 0 Å². The summed E-state index contributed by atoms with van der Waals surface area (Å²) in [5, 5.41) is 0. The van der Waals surface area contributed by atoms with E-state index in [9.17, 15) is 0 Å². The van der Waals surface area contributed by atoms with Gasteiger partial charge in [-0.1, -0.05) is 61.3 Å². The zero-order valence-corrected chi connectivity index (χ0v) is 12.7. The molecule has 0 radical (unpaired) electrons. The van der Waals surface area contributed by atoms with Gasteiger partial charge in [0.25, 0.3) is 0 Å². The Bertz CT molecular complexity index is 159. The van der Waals surface area contributed by atoms with E-state index in [0.29, 0.717) is 0 Å². The lowest BCUT2D eigenvalue weighted by Crippen LogP contribution is -2.32. The molecule has 0 saturated heterocycles. The molecule has 4 atom stereocenters. The van der Waals surface area contributed by atoms with E-state index in [1.54, 1.807) is 0 Å². The molecule has 0 heteroatoms. The van der Waals surface area contributed by atoms with Crippen LogP contribution in [0.2, 0.25) is 0 Å². The van der Waals surface area contributed by atoms with Crippen LogP contribution in [0.4, 0.5) is 0 Å². The SMILES string of the molecule is CC.CCC1CC(C)C(C(C)C)CC1CC. The Morgan fingerprint density at radius 3 is 1.75 bits per heavy atom. The third kappa shape index (κ3) is 4.11. The molecule has 0 aromatic rings. The molecule has 0 aromatic heterocycles. The molecule has 0 N–H and O–H groups in total. The van der Waals surface area contributed by atoms with Gasteiger partial charge in [-0.15, -0.1) is 0 Å². The van der Waals surface area contributed by atoms with E-state index in [-0.39, 0.29) is 0 Å². The van der Waals surface area contributed by atoms with Gasteiger partial charge < -0.3 is 0 Å². The van der Waals surface area contributed by atoms with Gasteiger partial charge in [-0.25, -0.2) is 0 Å². The second kappa shape index (κ2) is 8.14. The van der Waals surface area contributed by atoms with E-state index in [0.717, 1.165) is 29.6 Å². The van der Waals surface area contributed by atoms with Crippen molar-refractivity contribution in [1.29, 1.82) is 0 Å². The molecule has 1 saturated carbocycles. The average Bonchev–Trinajstić information content (AvgIpc) is 2.30. The smallest absolute Gasteiger partial charge is 0.0362 e. The zero-order chi connectivity index (χ0) is 12.7. The van der Waals surface area contributed by atoms with E-state index < -0.39 is 0 Å². The van der Waals surface area contributed by atoms with Crippen LogP contribution in [0, 0.1) is 29.6 Å². The Balaban J connectivity index is 0.00000106. The summed E-state index contributed by atoms with van der Waals surface area (Å²) in [7, 11) is 0. The summed E-state index contributed by atoms with van der Waals surface area (Å²) in [5.74, 6) is 4.87. The van der Waals surface area contributed by atoms with E-state index in [2.05, 4.69) is 34.6 Å². The zero-order valence-electron chi connectivity index (χ0n) is 12.7. The maximum absolute atomic E-state index is 2.47. The molecule has 0 amide bonds. The van der Waals surface area contributed by atoms with E-state index in [1.807, 2.05) is 13.8 Å². The first kappa shape index (κ1) is 16.0. The molecule has 1 rings (SSSR count). The van der Waals surface area contributed by atoms with E-state index in [1.165, 1.54) is 25.7 Å². The lowest BCUT2D eigenvalue weighted by molar-refractivity contribution is 0.0863. The molecule has 0 aliphatic heterocycles. The normalized spacial score (nSPS) is 34.5. The summed E-state index contributed by atoms with van der Waals surface area (Å²) >= 11 is 0. The summed E-state index contributed by atoms with van der Waals surface area (Å²) in [6, 6.07) is 0. The predicted molar refractivity (Wildman–Crippen MR) is 75.6 cm³/mol. The van der Waals surface area contributed by atoms with E-state index in [4.69, 9.17) is 0 Å². The summed E-state index contributed by atoms with van der Waals surface area (Å²) in [4.78, 5) is 0. The third-order valence-corrected chi connectivity index (χ3v) is 4.55. The minimum absolute atomic E-state index is 0.886. The van der Waals surface area contributed by atoms with Gasteiger partial charge in [0.1, 0.15) is 0 Å². The fourth-order valence-electron chi connectivity index (χ4n) is 3.55. The van der Waals surface area contributed by atoms with Crippen LogP contribution in [0.25, 0.3) is 0 Å². The van der Waals surface area contributed by atoms with Crippen LogP contribution >= 0.6 is 0 Å². The van der Waals surface area contributed by atoms with Crippen LogP contribution in [0.1, 0.15) is 74.1 Å². The van der Waals surface area contributed by atoms with Crippen molar-refractivity contribution < 1.29 is 0 Å². The van der Waals surface area contributed by atoms with E-state index >= 15 is 0 Å². The van der Waals surface area contributed by atoms with Crippen molar-refractivity contribution in [1.82, 2.24) is 0 Å². The van der Waals surface area contributed by atoms with Gasteiger partial charge >= 0.3 is 0 Å². The van der Waals surface area contributed by atoms with Crippen LogP contribution in [0.3, 0.4) is 0 Å². The van der Waals surface area contributed by atoms with Crippen molar-refractivity contribution in [2.24, 2.45) is 29.6 Å². The standard InChI is InChI=1S/C14H28.C2H6/c1-6-12-8-11(5)14(10(3)4)9-13(12)7-2;1-2/h10-14H,6-9H2,1-5H3;1-2H3. The molecule has 1 aliphatic rings. The summed E-state index contributed by atoms with van der Waals surface area (Å²) in [6.45, 7) is 16.0. The molecule has 98 valence electrons. The van der Waals surface area contributed by atoms with Gasteiger partial charge in [0.15, 0.2) is 0 Å². The Labute approximate surface area is 104 Å². The highest BCUT2D eigenvalue weighted by Crippen LogP contribution is 2.43. The van der Waals surface area contributed by atoms with Gasteiger partial charge in [0.2, 0.25) is 0 Å². The van der Waals surface area contributed by atoms with Crippen molar-refractivity contribution in [3.05, 3.63) is 0 Å². The molecular formula is C16H34. The van der Waals surface area contributed by atoms with Crippen LogP contribution < -0.4 is 0 Å². The Kier molecular flexibility index (Phi) is 8.14. The van der Waals surface area contributed by atoms with Gasteiger partial charge in [0.05, 0.1) is 0 Å². The fourth-order valence-corrected chi connectivity index (χ4v) is 3.55. The van der Waals surface area contributed by atoms with Gasteiger partial charge in [-0.05, 0) is 42.4 Å². The quantitative estimate of drug-likeness (QED) is 0.573. The highest BCUT2D eigenvalue weighted by molar-refractivity contribution is 4.84. The minimum Gasteiger partial charge on any atom is -0.0683 e. The highest BCUT2D eigenvalue weighted by atomic mass is 14.4. The first-order valence-corrected chi connectivity index (χ1v) is 7.60. The molecule has 1 aliphatic carbocycles. The summed E-state index contributed by atoms with van der Waals surface area (Å²) < 4.78 is 0. The summed E-state index contributed by atoms with van der Waals surface area (Å²) in [6.07, 6.45) is 5.77. The average molecular weight is 226 g/mol. The third-order valence-electron chi connectivity index (χ3n) is 4.55. The molecule has 16 heavy (non-hydrogen) atoms. The van der Waals surface area contributed by atoms with Gasteiger partial charge in [0, 0.05) is 0 Å². The molecule has 1 fully saturated rings. The molecule has 0 aromatic carbocycles. The monoisotopic (exact) mass is 226 g/mol. The maximum atomic E-state index is 2.47. The minimum atomic E-state index is 0.886. The largest absolute Gasteiger partial charge is 0.0683 e. The molecular weight excluding hydrogens is 192 g/mol. The van der Waals surface area contributed by atoms with Crippen LogP contribution in [-0.2, 0) is 0 Å². The second-order valence-electron chi connectivity index (χ2n) is 5.69. The number of rotatable bonds is 3. The lowest BCUT2D eigenvalue weighted by atomic mass is 9.64. The Hall–Kier alpha value is 0. The Morgan fingerprint density at radius 2 is 1.38 bits per heavy atom. The molecule has 0 spiro atoms. The number of hydrogen-bond donors (Lipinski definition) is 0. The maximum Gasteiger partial charge on any atom is -0.0362 e. The molecule has 0 heterocycles. The number of hydrogen-bond acceptors (Lipinski definition) is 0. The van der Waals surface area contributed by atoms with Crippen molar-refractivity contribution in [3.63, 3.8) is 0 Å². The van der Waals surface area contributed by atoms with Crippen molar-refractivity contribution in [3.8, 4) is 0 Å². The molecule has 4 unspecified atom stereocenters. The first-order valence-electron chi connectivity index (χ1n) is 7.60. The van der Waals surface area contributed by atoms with Crippen molar-refractivity contribution >= 4 is 0 Å². The Morgan fingerprint density at radius 1 is 0.938 bits per heavy atom. The van der Waals surface area contributed by atoms with Crippen LogP contribution in [-0.4, -0.2) is 0 Å². The van der Waals surface area contributed by atoms with Crippen LogP contribution in [0.5, 0.6) is 0 Å². The van der Waals surface area contributed by atoms with Crippen molar-refractivity contribution in [2.75, 3.05) is 0 Å². The second-order valence-corrected chi connectivity index (χ2v) is 5.69. The summed E-state index contributed by atoms with van der Waals surface area (Å²) in [5.41, 5.74) is 0. The van der Waals surface area contributed by atoms with Gasteiger partial charge in [-0.2, -0.15) is 0 Å². The first-order chi connectivity index (χ1) is 7.60. The predicted octanol–water partition coefficient (Wildman–Crippen LogP) is 5.77. The van der Waals surface area contributed by atoms with Crippen LogP contribution in [0.15, 0.2) is 0 Å². The molecule has 0 nitrogen and oxygen atoms in total. The lowest BCUT2D eigenvalue weighted by Gasteiger charge is -2.41. The van der Waals surface area contributed by atoms with Crippen molar-refractivity contribution in [2.45, 2.75) is 74.1 Å². The highest BCUT2D eigenvalue weighted by Gasteiger charge is 2.34.